The van der Waals surface area contributed by atoms with E-state index in [1.807, 2.05) is 11.8 Å². The van der Waals surface area contributed by atoms with E-state index >= 15 is 0 Å². The second kappa shape index (κ2) is 3.26. The van der Waals surface area contributed by atoms with Crippen LogP contribution >= 0.6 is 11.8 Å². The van der Waals surface area contributed by atoms with Crippen molar-refractivity contribution in [3.05, 3.63) is 0 Å². The third-order valence-electron chi connectivity index (χ3n) is 2.73. The molecular formula is C8H13NO2S. The molecule has 2 aliphatic rings. The number of carboxylic acid groups (broad SMARTS) is 1. The lowest BCUT2D eigenvalue weighted by atomic mass is 10.2. The van der Waals surface area contributed by atoms with Crippen molar-refractivity contribution in [2.75, 3.05) is 18.1 Å². The van der Waals surface area contributed by atoms with Gasteiger partial charge in [-0.3, -0.25) is 9.69 Å². The molecule has 4 heteroatoms. The fourth-order valence-corrected chi connectivity index (χ4v) is 3.25. The van der Waals surface area contributed by atoms with Gasteiger partial charge in [-0.1, -0.05) is 0 Å². The summed E-state index contributed by atoms with van der Waals surface area (Å²) in [5, 5.41) is 8.90. The average molecular weight is 187 g/mol. The van der Waals surface area contributed by atoms with Crippen molar-refractivity contribution >= 4 is 17.7 Å². The first-order valence-electron chi connectivity index (χ1n) is 4.35. The molecule has 1 N–H and O–H groups in total. The monoisotopic (exact) mass is 187 g/mol. The lowest BCUT2D eigenvalue weighted by Crippen LogP contribution is -2.45. The molecule has 2 heterocycles. The van der Waals surface area contributed by atoms with Crippen molar-refractivity contribution in [3.8, 4) is 0 Å². The molecule has 2 rings (SSSR count). The molecule has 0 aromatic rings. The molecule has 0 spiro atoms. The Morgan fingerprint density at radius 1 is 1.50 bits per heavy atom. The molecule has 2 fully saturated rings. The normalized spacial score (nSPS) is 36.3. The number of thioether (sulfide) groups is 1. The number of hydrogen-bond acceptors (Lipinski definition) is 3. The van der Waals surface area contributed by atoms with Gasteiger partial charge in [0, 0.05) is 24.1 Å². The molecule has 0 saturated carbocycles. The standard InChI is InChI=1S/C8H13NO2S/c10-8(11)7-2-1-6-5-12-4-3-9(6)7/h6-7H,1-5H2,(H,10,11). The fraction of sp³-hybridized carbons (Fsp3) is 0.875. The van der Waals surface area contributed by atoms with E-state index in [1.54, 1.807) is 0 Å². The van der Waals surface area contributed by atoms with Crippen LogP contribution in [0.1, 0.15) is 12.8 Å². The van der Waals surface area contributed by atoms with E-state index in [9.17, 15) is 4.79 Å². The van der Waals surface area contributed by atoms with Gasteiger partial charge in [0.05, 0.1) is 0 Å². The van der Waals surface area contributed by atoms with E-state index in [2.05, 4.69) is 4.90 Å². The molecule has 2 atom stereocenters. The summed E-state index contributed by atoms with van der Waals surface area (Å²) < 4.78 is 0. The minimum atomic E-state index is -0.635. The van der Waals surface area contributed by atoms with Crippen LogP contribution in [-0.4, -0.2) is 46.1 Å². The largest absolute Gasteiger partial charge is 0.480 e. The Kier molecular flexibility index (Phi) is 2.28. The van der Waals surface area contributed by atoms with E-state index in [1.165, 1.54) is 0 Å². The van der Waals surface area contributed by atoms with Gasteiger partial charge in [-0.25, -0.2) is 0 Å². The van der Waals surface area contributed by atoms with Gasteiger partial charge in [-0.15, -0.1) is 0 Å². The Morgan fingerprint density at radius 2 is 2.33 bits per heavy atom. The van der Waals surface area contributed by atoms with Gasteiger partial charge in [0.25, 0.3) is 0 Å². The minimum Gasteiger partial charge on any atom is -0.480 e. The highest BCUT2D eigenvalue weighted by molar-refractivity contribution is 7.99. The predicted octanol–water partition coefficient (Wildman–Crippen LogP) is 0.651. The van der Waals surface area contributed by atoms with Crippen LogP contribution in [0.15, 0.2) is 0 Å². The van der Waals surface area contributed by atoms with Crippen LogP contribution in [0.2, 0.25) is 0 Å². The first kappa shape index (κ1) is 8.38. The zero-order valence-electron chi connectivity index (χ0n) is 6.90. The molecule has 0 radical (unpaired) electrons. The molecule has 0 amide bonds. The van der Waals surface area contributed by atoms with Crippen LogP contribution in [0.5, 0.6) is 0 Å². The molecule has 3 nitrogen and oxygen atoms in total. The summed E-state index contributed by atoms with van der Waals surface area (Å²) in [7, 11) is 0. The van der Waals surface area contributed by atoms with Crippen LogP contribution in [0.25, 0.3) is 0 Å². The van der Waals surface area contributed by atoms with Crippen molar-refractivity contribution in [2.45, 2.75) is 24.9 Å². The number of aliphatic carboxylic acids is 1. The topological polar surface area (TPSA) is 40.5 Å². The third-order valence-corrected chi connectivity index (χ3v) is 3.82. The molecule has 12 heavy (non-hydrogen) atoms. The predicted molar refractivity (Wildman–Crippen MR) is 48.5 cm³/mol. The van der Waals surface area contributed by atoms with Crippen molar-refractivity contribution in [3.63, 3.8) is 0 Å². The second-order valence-corrected chi connectivity index (χ2v) is 4.55. The number of nitrogens with zero attached hydrogens (tertiary/aromatic N) is 1. The molecule has 2 saturated heterocycles. The maximum absolute atomic E-state index is 10.8. The number of fused-ring (bicyclic) bond motifs is 1. The minimum absolute atomic E-state index is 0.184. The summed E-state index contributed by atoms with van der Waals surface area (Å²) >= 11 is 1.95. The fourth-order valence-electron chi connectivity index (χ4n) is 2.11. The molecular weight excluding hydrogens is 174 g/mol. The molecule has 0 bridgehead atoms. The Hall–Kier alpha value is -0.220. The molecule has 0 aromatic heterocycles. The zero-order valence-corrected chi connectivity index (χ0v) is 7.72. The quantitative estimate of drug-likeness (QED) is 0.654. The van der Waals surface area contributed by atoms with Crippen molar-refractivity contribution in [1.82, 2.24) is 4.90 Å². The highest BCUT2D eigenvalue weighted by Crippen LogP contribution is 2.30. The Morgan fingerprint density at radius 3 is 3.08 bits per heavy atom. The van der Waals surface area contributed by atoms with Crippen LogP contribution in [-0.2, 0) is 4.79 Å². The maximum atomic E-state index is 10.8. The van der Waals surface area contributed by atoms with Crippen molar-refractivity contribution in [2.24, 2.45) is 0 Å². The van der Waals surface area contributed by atoms with E-state index in [-0.39, 0.29) is 6.04 Å². The summed E-state index contributed by atoms with van der Waals surface area (Å²) in [6.45, 7) is 0.965. The van der Waals surface area contributed by atoms with E-state index in [0.717, 1.165) is 30.9 Å². The molecule has 0 aromatic carbocycles. The lowest BCUT2D eigenvalue weighted by Gasteiger charge is -2.31. The van der Waals surface area contributed by atoms with Crippen molar-refractivity contribution < 1.29 is 9.90 Å². The zero-order chi connectivity index (χ0) is 8.55. The Labute approximate surface area is 76.1 Å². The molecule has 2 aliphatic heterocycles. The van der Waals surface area contributed by atoms with Gasteiger partial charge in [-0.2, -0.15) is 11.8 Å². The van der Waals surface area contributed by atoms with E-state index in [0.29, 0.717) is 6.04 Å². The van der Waals surface area contributed by atoms with Crippen LogP contribution in [0.4, 0.5) is 0 Å². The SMILES string of the molecule is O=C(O)C1CCC2CSCCN21. The number of carbonyl (C=O) groups is 1. The van der Waals surface area contributed by atoms with Crippen LogP contribution in [0.3, 0.4) is 0 Å². The summed E-state index contributed by atoms with van der Waals surface area (Å²) in [6.07, 6.45) is 1.92. The maximum Gasteiger partial charge on any atom is 0.320 e. The smallest absolute Gasteiger partial charge is 0.320 e. The molecule has 68 valence electrons. The number of hydrogen-bond donors (Lipinski definition) is 1. The molecule has 2 unspecified atom stereocenters. The first-order valence-corrected chi connectivity index (χ1v) is 5.51. The second-order valence-electron chi connectivity index (χ2n) is 3.40. The third kappa shape index (κ3) is 1.33. The number of carboxylic acids is 1. The molecule has 0 aliphatic carbocycles. The summed E-state index contributed by atoms with van der Waals surface area (Å²) in [4.78, 5) is 13.0. The van der Waals surface area contributed by atoms with Gasteiger partial charge in [0.1, 0.15) is 6.04 Å². The van der Waals surface area contributed by atoms with Gasteiger partial charge >= 0.3 is 5.97 Å². The van der Waals surface area contributed by atoms with Gasteiger partial charge in [0.2, 0.25) is 0 Å². The highest BCUT2D eigenvalue weighted by atomic mass is 32.2. The van der Waals surface area contributed by atoms with E-state index < -0.39 is 5.97 Å². The summed E-state index contributed by atoms with van der Waals surface area (Å²) in [6, 6.07) is 0.362. The van der Waals surface area contributed by atoms with Crippen LogP contribution in [0, 0.1) is 0 Å². The summed E-state index contributed by atoms with van der Waals surface area (Å²) in [5.74, 6) is 1.59. The first-order chi connectivity index (χ1) is 5.79. The van der Waals surface area contributed by atoms with Crippen LogP contribution < -0.4 is 0 Å². The van der Waals surface area contributed by atoms with Crippen molar-refractivity contribution in [1.29, 1.82) is 0 Å². The lowest BCUT2D eigenvalue weighted by molar-refractivity contribution is -0.142. The average Bonchev–Trinajstić information content (AvgIpc) is 2.47. The van der Waals surface area contributed by atoms with Gasteiger partial charge < -0.3 is 5.11 Å². The Bertz CT molecular complexity index is 197. The van der Waals surface area contributed by atoms with Gasteiger partial charge in [0.15, 0.2) is 0 Å². The highest BCUT2D eigenvalue weighted by Gasteiger charge is 2.38. The summed E-state index contributed by atoms with van der Waals surface area (Å²) in [5.41, 5.74) is 0. The number of rotatable bonds is 1. The van der Waals surface area contributed by atoms with E-state index in [4.69, 9.17) is 5.11 Å². The Balaban J connectivity index is 2.05. The van der Waals surface area contributed by atoms with Gasteiger partial charge in [-0.05, 0) is 12.8 Å².